The van der Waals surface area contributed by atoms with Crippen LogP contribution in [0.4, 0.5) is 0 Å². The van der Waals surface area contributed by atoms with Gasteiger partial charge >= 0.3 is 0 Å². The highest BCUT2D eigenvalue weighted by Crippen LogP contribution is 2.02. The molecule has 0 aromatic heterocycles. The zero-order valence-corrected chi connectivity index (χ0v) is 6.52. The summed E-state index contributed by atoms with van der Waals surface area (Å²) in [5.41, 5.74) is 5.48. The summed E-state index contributed by atoms with van der Waals surface area (Å²) < 4.78 is 0. The van der Waals surface area contributed by atoms with E-state index in [4.69, 9.17) is 5.73 Å². The summed E-state index contributed by atoms with van der Waals surface area (Å²) in [6, 6.07) is 0. The first kappa shape index (κ1) is 11.9. The van der Waals surface area contributed by atoms with Crippen LogP contribution in [0.3, 0.4) is 0 Å². The molecular weight excluding hydrogens is 128 g/mol. The summed E-state index contributed by atoms with van der Waals surface area (Å²) in [5.74, 6) is -0.372. The van der Waals surface area contributed by atoms with Crippen molar-refractivity contribution in [2.24, 2.45) is 5.73 Å². The van der Waals surface area contributed by atoms with Gasteiger partial charge in [-0.2, -0.15) is 0 Å². The van der Waals surface area contributed by atoms with Crippen LogP contribution in [0.5, 0.6) is 0 Å². The monoisotopic (exact) mass is 144 g/mol. The number of nitrogens with two attached hydrogens (primary N) is 1. The van der Waals surface area contributed by atoms with Crippen LogP contribution in [0.25, 0.3) is 0 Å². The molecule has 3 nitrogen and oxygen atoms in total. The van der Waals surface area contributed by atoms with Crippen LogP contribution in [-0.2, 0) is 4.79 Å². The number of unbranched alkanes of at least 4 members (excludes halogenated alkanes) is 1. The lowest BCUT2D eigenvalue weighted by molar-refractivity contribution is -0.114. The van der Waals surface area contributed by atoms with E-state index in [-0.39, 0.29) is 12.1 Å². The molecule has 10 heavy (non-hydrogen) atoms. The smallest absolute Gasteiger partial charge is 0.244 e. The molecule has 0 rings (SSSR count). The van der Waals surface area contributed by atoms with E-state index in [9.17, 15) is 4.79 Å². The average molecular weight is 144 g/mol. The van der Waals surface area contributed by atoms with Gasteiger partial charge in [0.25, 0.3) is 0 Å². The van der Waals surface area contributed by atoms with Gasteiger partial charge in [-0.05, 0) is 12.8 Å². The van der Waals surface area contributed by atoms with Crippen LogP contribution in [0.2, 0.25) is 0 Å². The van der Waals surface area contributed by atoms with Crippen molar-refractivity contribution in [3.05, 3.63) is 12.2 Å². The summed E-state index contributed by atoms with van der Waals surface area (Å²) in [6.07, 6.45) is 2.82. The number of amides is 1. The predicted molar refractivity (Wildman–Crippen MR) is 42.9 cm³/mol. The minimum atomic E-state index is -0.372. The van der Waals surface area contributed by atoms with E-state index >= 15 is 0 Å². The Labute approximate surface area is 61.9 Å². The molecule has 1 amide bonds. The Morgan fingerprint density at radius 2 is 2.10 bits per heavy atom. The minimum absolute atomic E-state index is 0. The molecule has 0 aromatic carbocycles. The lowest BCUT2D eigenvalue weighted by atomic mass is 10.1. The van der Waals surface area contributed by atoms with Crippen molar-refractivity contribution in [1.82, 2.24) is 6.15 Å². The van der Waals surface area contributed by atoms with Gasteiger partial charge in [-0.1, -0.05) is 19.9 Å². The summed E-state index contributed by atoms with van der Waals surface area (Å²) in [5, 5.41) is 0. The first-order valence-corrected chi connectivity index (χ1v) is 3.16. The molecule has 0 aliphatic rings. The molecule has 0 aliphatic carbocycles. The third-order valence-electron chi connectivity index (χ3n) is 1.18. The highest BCUT2D eigenvalue weighted by Gasteiger charge is 1.98. The van der Waals surface area contributed by atoms with Crippen molar-refractivity contribution in [2.75, 3.05) is 0 Å². The van der Waals surface area contributed by atoms with Gasteiger partial charge in [0.05, 0.1) is 0 Å². The van der Waals surface area contributed by atoms with Gasteiger partial charge in [-0.25, -0.2) is 0 Å². The minimum Gasteiger partial charge on any atom is -0.366 e. The molecule has 0 heterocycles. The van der Waals surface area contributed by atoms with E-state index in [1.807, 2.05) is 0 Å². The van der Waals surface area contributed by atoms with Gasteiger partial charge in [0.15, 0.2) is 0 Å². The Morgan fingerprint density at radius 1 is 1.60 bits per heavy atom. The Hall–Kier alpha value is -0.830. The number of carbonyl (C=O) groups is 1. The second-order valence-electron chi connectivity index (χ2n) is 2.07. The van der Waals surface area contributed by atoms with E-state index in [2.05, 4.69) is 13.5 Å². The van der Waals surface area contributed by atoms with Crippen molar-refractivity contribution in [3.63, 3.8) is 0 Å². The van der Waals surface area contributed by atoms with Crippen LogP contribution < -0.4 is 11.9 Å². The summed E-state index contributed by atoms with van der Waals surface area (Å²) in [4.78, 5) is 10.3. The fraction of sp³-hybridized carbons (Fsp3) is 0.571. The Balaban J connectivity index is 0. The maximum atomic E-state index is 10.3. The predicted octanol–water partition coefficient (Wildman–Crippen LogP) is 1.38. The fourth-order valence-corrected chi connectivity index (χ4v) is 0.513. The van der Waals surface area contributed by atoms with Crippen LogP contribution in [0, 0.1) is 0 Å². The molecule has 0 saturated carbocycles. The molecule has 5 N–H and O–H groups in total. The molecule has 0 fully saturated rings. The summed E-state index contributed by atoms with van der Waals surface area (Å²) in [7, 11) is 0. The zero-order chi connectivity index (χ0) is 7.28. The molecule has 0 aliphatic heterocycles. The van der Waals surface area contributed by atoms with Crippen molar-refractivity contribution >= 4 is 5.91 Å². The van der Waals surface area contributed by atoms with Crippen LogP contribution in [-0.4, -0.2) is 5.91 Å². The number of hydrogen-bond donors (Lipinski definition) is 2. The second kappa shape index (κ2) is 6.29. The van der Waals surface area contributed by atoms with Crippen molar-refractivity contribution < 1.29 is 4.79 Å². The van der Waals surface area contributed by atoms with Crippen LogP contribution in [0.15, 0.2) is 12.2 Å². The van der Waals surface area contributed by atoms with Gasteiger partial charge in [-0.15, -0.1) is 0 Å². The number of hydrogen-bond acceptors (Lipinski definition) is 2. The summed E-state index contributed by atoms with van der Waals surface area (Å²) >= 11 is 0. The topological polar surface area (TPSA) is 78.1 Å². The molecule has 60 valence electrons. The standard InChI is InChI=1S/C7H13NO.H3N/c1-3-4-5-6(2)7(8)9;/h2-5H2,1H3,(H2,8,9);1H3. The Kier molecular flexibility index (Phi) is 7.49. The number of primary amides is 1. The van der Waals surface area contributed by atoms with Crippen molar-refractivity contribution in [3.8, 4) is 0 Å². The van der Waals surface area contributed by atoms with Gasteiger partial charge < -0.3 is 11.9 Å². The maximum Gasteiger partial charge on any atom is 0.244 e. The largest absolute Gasteiger partial charge is 0.366 e. The van der Waals surface area contributed by atoms with Crippen molar-refractivity contribution in [2.45, 2.75) is 26.2 Å². The third kappa shape index (κ3) is 5.31. The van der Waals surface area contributed by atoms with E-state index in [0.717, 1.165) is 19.3 Å². The van der Waals surface area contributed by atoms with Crippen LogP contribution in [0.1, 0.15) is 26.2 Å². The molecule has 0 saturated heterocycles. The van der Waals surface area contributed by atoms with Gasteiger partial charge in [0, 0.05) is 5.57 Å². The molecule has 0 bridgehead atoms. The Bertz CT molecular complexity index is 121. The van der Waals surface area contributed by atoms with E-state index < -0.39 is 0 Å². The lowest BCUT2D eigenvalue weighted by Crippen LogP contribution is -2.12. The fourth-order valence-electron chi connectivity index (χ4n) is 0.513. The highest BCUT2D eigenvalue weighted by molar-refractivity contribution is 5.91. The van der Waals surface area contributed by atoms with Crippen LogP contribution >= 0.6 is 0 Å². The van der Waals surface area contributed by atoms with E-state index in [1.54, 1.807) is 0 Å². The lowest BCUT2D eigenvalue weighted by Gasteiger charge is -1.96. The molecular formula is C7H16N2O. The molecule has 0 unspecified atom stereocenters. The average Bonchev–Trinajstić information content (AvgIpc) is 1.82. The molecule has 0 spiro atoms. The van der Waals surface area contributed by atoms with Crippen molar-refractivity contribution in [1.29, 1.82) is 0 Å². The molecule has 0 aromatic rings. The molecule has 0 atom stereocenters. The third-order valence-corrected chi connectivity index (χ3v) is 1.18. The molecule has 0 radical (unpaired) electrons. The van der Waals surface area contributed by atoms with Gasteiger partial charge in [0.2, 0.25) is 5.91 Å². The SMILES string of the molecule is C=C(CCCC)C(N)=O.N. The quantitative estimate of drug-likeness (QED) is 0.584. The first-order valence-electron chi connectivity index (χ1n) is 3.16. The summed E-state index contributed by atoms with van der Waals surface area (Å²) in [6.45, 7) is 5.58. The van der Waals surface area contributed by atoms with Gasteiger partial charge in [0.1, 0.15) is 0 Å². The normalized spacial score (nSPS) is 8.10. The zero-order valence-electron chi connectivity index (χ0n) is 6.52. The van der Waals surface area contributed by atoms with E-state index in [1.165, 1.54) is 0 Å². The highest BCUT2D eigenvalue weighted by atomic mass is 16.1. The first-order chi connectivity index (χ1) is 4.18. The molecule has 3 heteroatoms. The maximum absolute atomic E-state index is 10.3. The van der Waals surface area contributed by atoms with E-state index in [0.29, 0.717) is 5.57 Å². The number of carbonyl (C=O) groups excluding carboxylic acids is 1. The second-order valence-corrected chi connectivity index (χ2v) is 2.07. The Morgan fingerprint density at radius 3 is 2.40 bits per heavy atom. The number of rotatable bonds is 4. The van der Waals surface area contributed by atoms with Gasteiger partial charge in [-0.3, -0.25) is 4.79 Å².